The summed E-state index contributed by atoms with van der Waals surface area (Å²) in [6, 6.07) is 8.02. The maximum atomic E-state index is 11.7. The van der Waals surface area contributed by atoms with Gasteiger partial charge in [0.05, 0.1) is 6.04 Å². The Hall–Kier alpha value is -2.08. The Labute approximate surface area is 121 Å². The first-order valence-corrected chi connectivity index (χ1v) is 7.43. The molecule has 104 valence electrons. The molecule has 1 aromatic heterocycles. The third-order valence-corrected chi connectivity index (χ3v) is 4.18. The predicted molar refractivity (Wildman–Crippen MR) is 81.3 cm³/mol. The summed E-state index contributed by atoms with van der Waals surface area (Å²) in [7, 11) is 0. The van der Waals surface area contributed by atoms with Crippen LogP contribution in [0.2, 0.25) is 0 Å². The van der Waals surface area contributed by atoms with E-state index in [-0.39, 0.29) is 12.1 Å². The first-order chi connectivity index (χ1) is 9.74. The molecule has 0 bridgehead atoms. The average Bonchev–Trinajstić information content (AvgIpc) is 3.10. The van der Waals surface area contributed by atoms with E-state index in [4.69, 9.17) is 0 Å². The molecule has 0 aliphatic carbocycles. The molecule has 5 nitrogen and oxygen atoms in total. The van der Waals surface area contributed by atoms with E-state index in [1.165, 1.54) is 0 Å². The lowest BCUT2D eigenvalue weighted by atomic mass is 10.2. The summed E-state index contributed by atoms with van der Waals surface area (Å²) in [6.45, 7) is 3.49. The fourth-order valence-corrected chi connectivity index (χ4v) is 2.89. The number of amides is 2. The number of nitrogens with zero attached hydrogens (tertiary/aromatic N) is 2. The van der Waals surface area contributed by atoms with Crippen LogP contribution in [-0.2, 0) is 0 Å². The smallest absolute Gasteiger partial charge is 0.321 e. The molecule has 1 unspecified atom stereocenters. The zero-order chi connectivity index (χ0) is 13.9. The number of benzene rings is 1. The van der Waals surface area contributed by atoms with Gasteiger partial charge in [0, 0.05) is 36.0 Å². The van der Waals surface area contributed by atoms with Crippen LogP contribution in [0.3, 0.4) is 0 Å². The van der Waals surface area contributed by atoms with E-state index < -0.39 is 0 Å². The summed E-state index contributed by atoms with van der Waals surface area (Å²) in [4.78, 5) is 17.7. The van der Waals surface area contributed by atoms with Gasteiger partial charge in [-0.1, -0.05) is 6.07 Å². The van der Waals surface area contributed by atoms with Gasteiger partial charge in [0.2, 0.25) is 0 Å². The van der Waals surface area contributed by atoms with Crippen LogP contribution in [0.5, 0.6) is 0 Å². The number of aromatic nitrogens is 1. The zero-order valence-electron chi connectivity index (χ0n) is 11.2. The molecule has 2 N–H and O–H groups in total. The van der Waals surface area contributed by atoms with Gasteiger partial charge in [0.25, 0.3) is 0 Å². The maximum absolute atomic E-state index is 11.7. The van der Waals surface area contributed by atoms with Crippen LogP contribution in [0.15, 0.2) is 35.8 Å². The highest BCUT2D eigenvalue weighted by atomic mass is 32.1. The second-order valence-corrected chi connectivity index (χ2v) is 5.60. The molecule has 0 spiro atoms. The molecule has 2 aromatic rings. The lowest BCUT2D eigenvalue weighted by Crippen LogP contribution is -2.27. The minimum absolute atomic E-state index is 0.0323. The summed E-state index contributed by atoms with van der Waals surface area (Å²) < 4.78 is 0. The molecular weight excluding hydrogens is 272 g/mol. The zero-order valence-corrected chi connectivity index (χ0v) is 12.0. The third-order valence-electron chi connectivity index (χ3n) is 3.22. The van der Waals surface area contributed by atoms with Gasteiger partial charge in [0.1, 0.15) is 5.01 Å². The highest BCUT2D eigenvalue weighted by molar-refractivity contribution is 7.09. The van der Waals surface area contributed by atoms with Crippen molar-refractivity contribution in [1.29, 1.82) is 0 Å². The van der Waals surface area contributed by atoms with E-state index >= 15 is 0 Å². The number of thiazole rings is 1. The lowest BCUT2D eigenvalue weighted by Gasteiger charge is -2.17. The fourth-order valence-electron chi connectivity index (χ4n) is 2.24. The molecule has 6 heteroatoms. The van der Waals surface area contributed by atoms with Crippen LogP contribution in [0.4, 0.5) is 16.2 Å². The third kappa shape index (κ3) is 2.60. The van der Waals surface area contributed by atoms with E-state index in [1.54, 1.807) is 16.2 Å². The van der Waals surface area contributed by atoms with Crippen molar-refractivity contribution in [2.24, 2.45) is 0 Å². The van der Waals surface area contributed by atoms with Gasteiger partial charge in [-0.25, -0.2) is 9.78 Å². The molecule has 2 heterocycles. The number of carbonyl (C=O) groups excluding carboxylic acids is 1. The molecule has 1 saturated heterocycles. The maximum Gasteiger partial charge on any atom is 0.321 e. The standard InChI is InChI=1S/C14H16N4OS/c1-10(13-15-6-8-20-13)17-11-3-2-4-12(9-11)18-7-5-16-14(18)19/h2-4,6,8-10,17H,5,7H2,1H3,(H,16,19). The van der Waals surface area contributed by atoms with Gasteiger partial charge in [-0.05, 0) is 25.1 Å². The van der Waals surface area contributed by atoms with Crippen molar-refractivity contribution >= 4 is 28.7 Å². The summed E-state index contributed by atoms with van der Waals surface area (Å²) in [5.74, 6) is 0. The Morgan fingerprint density at radius 1 is 1.50 bits per heavy atom. The van der Waals surface area contributed by atoms with Crippen LogP contribution in [-0.4, -0.2) is 24.1 Å². The minimum atomic E-state index is -0.0323. The molecule has 1 aliphatic heterocycles. The normalized spacial score (nSPS) is 16.1. The van der Waals surface area contributed by atoms with Crippen molar-refractivity contribution in [3.63, 3.8) is 0 Å². The van der Waals surface area contributed by atoms with Crippen LogP contribution in [0, 0.1) is 0 Å². The Morgan fingerprint density at radius 3 is 3.10 bits per heavy atom. The Morgan fingerprint density at radius 2 is 2.40 bits per heavy atom. The summed E-state index contributed by atoms with van der Waals surface area (Å²) in [6.07, 6.45) is 1.81. The largest absolute Gasteiger partial charge is 0.376 e. The van der Waals surface area contributed by atoms with E-state index in [2.05, 4.69) is 22.5 Å². The molecule has 0 radical (unpaired) electrons. The van der Waals surface area contributed by atoms with Crippen molar-refractivity contribution in [2.45, 2.75) is 13.0 Å². The van der Waals surface area contributed by atoms with Crippen molar-refractivity contribution < 1.29 is 4.79 Å². The second-order valence-electron chi connectivity index (χ2n) is 4.67. The number of urea groups is 1. The Bertz CT molecular complexity index is 599. The second kappa shape index (κ2) is 5.50. The van der Waals surface area contributed by atoms with Crippen molar-refractivity contribution in [3.8, 4) is 0 Å². The quantitative estimate of drug-likeness (QED) is 0.909. The van der Waals surface area contributed by atoms with Crippen LogP contribution in [0.25, 0.3) is 0 Å². The van der Waals surface area contributed by atoms with Gasteiger partial charge in [-0.3, -0.25) is 4.90 Å². The number of carbonyl (C=O) groups is 1. The van der Waals surface area contributed by atoms with Crippen molar-refractivity contribution in [1.82, 2.24) is 10.3 Å². The first kappa shape index (κ1) is 12.9. The number of nitrogens with one attached hydrogen (secondary N) is 2. The summed E-state index contributed by atoms with van der Waals surface area (Å²) >= 11 is 1.63. The number of hydrogen-bond donors (Lipinski definition) is 2. The van der Waals surface area contributed by atoms with E-state index in [0.717, 1.165) is 16.4 Å². The molecule has 20 heavy (non-hydrogen) atoms. The average molecular weight is 288 g/mol. The highest BCUT2D eigenvalue weighted by Crippen LogP contribution is 2.25. The monoisotopic (exact) mass is 288 g/mol. The van der Waals surface area contributed by atoms with Crippen LogP contribution in [0.1, 0.15) is 18.0 Å². The van der Waals surface area contributed by atoms with E-state index in [0.29, 0.717) is 13.1 Å². The van der Waals surface area contributed by atoms with Gasteiger partial charge in [-0.15, -0.1) is 11.3 Å². The molecule has 1 fully saturated rings. The predicted octanol–water partition coefficient (Wildman–Crippen LogP) is 2.85. The van der Waals surface area contributed by atoms with Crippen LogP contribution < -0.4 is 15.5 Å². The number of rotatable bonds is 4. The topological polar surface area (TPSA) is 57.3 Å². The van der Waals surface area contributed by atoms with Gasteiger partial charge in [-0.2, -0.15) is 0 Å². The first-order valence-electron chi connectivity index (χ1n) is 6.55. The molecule has 3 rings (SSSR count). The highest BCUT2D eigenvalue weighted by Gasteiger charge is 2.21. The molecule has 1 atom stereocenters. The molecular formula is C14H16N4OS. The van der Waals surface area contributed by atoms with E-state index in [1.807, 2.05) is 35.8 Å². The van der Waals surface area contributed by atoms with Gasteiger partial charge in [0.15, 0.2) is 0 Å². The summed E-state index contributed by atoms with van der Waals surface area (Å²) in [5, 5.41) is 9.24. The molecule has 0 saturated carbocycles. The number of anilines is 2. The Balaban J connectivity index is 1.76. The Kier molecular flexibility index (Phi) is 3.56. The summed E-state index contributed by atoms with van der Waals surface area (Å²) in [5.41, 5.74) is 1.90. The molecule has 1 aromatic carbocycles. The fraction of sp³-hybridized carbons (Fsp3) is 0.286. The van der Waals surface area contributed by atoms with Crippen molar-refractivity contribution in [2.75, 3.05) is 23.3 Å². The molecule has 1 aliphatic rings. The van der Waals surface area contributed by atoms with E-state index in [9.17, 15) is 4.79 Å². The van der Waals surface area contributed by atoms with Gasteiger partial charge >= 0.3 is 6.03 Å². The lowest BCUT2D eigenvalue weighted by molar-refractivity contribution is 0.252. The van der Waals surface area contributed by atoms with Crippen molar-refractivity contribution in [3.05, 3.63) is 40.8 Å². The molecule has 2 amide bonds. The minimum Gasteiger partial charge on any atom is -0.376 e. The van der Waals surface area contributed by atoms with Gasteiger partial charge < -0.3 is 10.6 Å². The SMILES string of the molecule is CC(Nc1cccc(N2CCNC2=O)c1)c1nccs1. The van der Waals surface area contributed by atoms with Crippen LogP contribution >= 0.6 is 11.3 Å². The number of hydrogen-bond acceptors (Lipinski definition) is 4.